The van der Waals surface area contributed by atoms with Gasteiger partial charge in [-0.05, 0) is 68.5 Å². The number of halogens is 6. The van der Waals surface area contributed by atoms with Crippen molar-refractivity contribution < 1.29 is 40.7 Å². The number of anilines is 2. The monoisotopic (exact) mass is 752 g/mol. The Morgan fingerprint density at radius 1 is 0.830 bits per heavy atom. The minimum absolute atomic E-state index is 0.163. The van der Waals surface area contributed by atoms with Crippen molar-refractivity contribution in [3.05, 3.63) is 58.7 Å². The van der Waals surface area contributed by atoms with E-state index in [9.17, 15) is 40.7 Å². The number of carbonyl (C=O) groups is 3. The van der Waals surface area contributed by atoms with Gasteiger partial charge in [0.1, 0.15) is 6.04 Å². The molecule has 17 heteroatoms. The molecule has 4 aliphatic rings. The van der Waals surface area contributed by atoms with E-state index in [1.54, 1.807) is 4.90 Å². The van der Waals surface area contributed by atoms with Crippen LogP contribution in [-0.2, 0) is 30.0 Å². The Morgan fingerprint density at radius 3 is 2.00 bits per heavy atom. The lowest BCUT2D eigenvalue weighted by molar-refractivity contribution is -0.141. The number of rotatable bonds is 6. The van der Waals surface area contributed by atoms with Gasteiger partial charge in [-0.1, -0.05) is 18.2 Å². The first-order valence-corrected chi connectivity index (χ1v) is 18.1. The highest BCUT2D eigenvalue weighted by atomic mass is 19.4. The fraction of sp³-hybridized carbons (Fsp3) is 0.583. The minimum atomic E-state index is -5.19. The predicted octanol–water partition coefficient (Wildman–Crippen LogP) is 4.72. The van der Waals surface area contributed by atoms with Crippen LogP contribution in [0.15, 0.2) is 36.4 Å². The fourth-order valence-corrected chi connectivity index (χ4v) is 7.95. The quantitative estimate of drug-likeness (QED) is 0.291. The van der Waals surface area contributed by atoms with Gasteiger partial charge in [0.2, 0.25) is 5.91 Å². The molecule has 0 radical (unpaired) electrons. The normalized spacial score (nSPS) is 20.8. The number of piperidine rings is 2. The third-order valence-electron chi connectivity index (χ3n) is 11.1. The van der Waals surface area contributed by atoms with Gasteiger partial charge in [-0.2, -0.15) is 26.3 Å². The Hall–Kier alpha value is -4.25. The Balaban J connectivity index is 1.16. The molecule has 11 nitrogen and oxygen atoms in total. The van der Waals surface area contributed by atoms with E-state index >= 15 is 0 Å². The lowest BCUT2D eigenvalue weighted by atomic mass is 9.96. The summed E-state index contributed by atoms with van der Waals surface area (Å²) in [5, 5.41) is 5.61. The second kappa shape index (κ2) is 15.6. The van der Waals surface area contributed by atoms with Gasteiger partial charge in [0.15, 0.2) is 0 Å². The smallest absolute Gasteiger partial charge is 0.398 e. The number of hydrogen-bond acceptors (Lipinski definition) is 6. The van der Waals surface area contributed by atoms with Crippen molar-refractivity contribution in [1.82, 2.24) is 29.8 Å². The molecule has 3 saturated heterocycles. The summed E-state index contributed by atoms with van der Waals surface area (Å²) in [5.74, 6) is -0.579. The Morgan fingerprint density at radius 2 is 1.40 bits per heavy atom. The zero-order valence-corrected chi connectivity index (χ0v) is 29.6. The number of piperazine rings is 1. The van der Waals surface area contributed by atoms with Crippen LogP contribution in [0, 0.1) is 0 Å². The first kappa shape index (κ1) is 38.5. The molecule has 6 rings (SSSR count). The van der Waals surface area contributed by atoms with Crippen LogP contribution in [0.25, 0.3) is 0 Å². The zero-order valence-electron chi connectivity index (χ0n) is 29.6. The molecule has 0 spiro atoms. The van der Waals surface area contributed by atoms with Gasteiger partial charge >= 0.3 is 24.4 Å². The molecule has 53 heavy (non-hydrogen) atoms. The van der Waals surface area contributed by atoms with E-state index in [1.807, 2.05) is 24.3 Å². The molecule has 3 fully saturated rings. The number of nitrogens with zero attached hydrogens (tertiary/aromatic N) is 5. The molecule has 5 amide bonds. The second-order valence-corrected chi connectivity index (χ2v) is 14.5. The maximum absolute atomic E-state index is 14.1. The average Bonchev–Trinajstić information content (AvgIpc) is 3.29. The number of nitrogens with one attached hydrogen (secondary N) is 2. The number of nitrogens with two attached hydrogens (primary N) is 1. The van der Waals surface area contributed by atoms with Crippen LogP contribution >= 0.6 is 0 Å². The SMILES string of the molecule is CN1CCN(C2CCN(C(=O)[C@H](Cc3cc(C(F)(F)F)c(N)c(C(F)(F)F)c3)NC(=O)N3CCC(N4CCc5ccccc5NC4=O)CC3)CC2)CC1. The summed E-state index contributed by atoms with van der Waals surface area (Å²) < 4.78 is 83.4. The summed E-state index contributed by atoms with van der Waals surface area (Å²) in [6.45, 7) is 5.23. The number of alkyl halides is 6. The lowest BCUT2D eigenvalue weighted by Gasteiger charge is -2.42. The van der Waals surface area contributed by atoms with E-state index in [0.717, 1.165) is 37.4 Å². The van der Waals surface area contributed by atoms with E-state index in [4.69, 9.17) is 5.73 Å². The number of carbonyl (C=O) groups excluding carboxylic acids is 3. The molecule has 2 aromatic carbocycles. The summed E-state index contributed by atoms with van der Waals surface area (Å²) >= 11 is 0. The largest absolute Gasteiger partial charge is 0.418 e. The molecular weight excluding hydrogens is 706 g/mol. The summed E-state index contributed by atoms with van der Waals surface area (Å²) in [4.78, 5) is 50.2. The van der Waals surface area contributed by atoms with Crippen molar-refractivity contribution >= 4 is 29.3 Å². The van der Waals surface area contributed by atoms with Crippen LogP contribution < -0.4 is 16.4 Å². The third-order valence-corrected chi connectivity index (χ3v) is 11.1. The summed E-state index contributed by atoms with van der Waals surface area (Å²) in [7, 11) is 2.05. The maximum Gasteiger partial charge on any atom is 0.418 e. The number of nitrogen functional groups attached to an aromatic ring is 1. The van der Waals surface area contributed by atoms with Crippen molar-refractivity contribution in [3.8, 4) is 0 Å². The van der Waals surface area contributed by atoms with E-state index in [0.29, 0.717) is 63.9 Å². The standard InChI is InChI=1S/C36H46F6N8O3/c1-46-16-18-47(19-17-46)25-7-11-48(12-8-25)32(51)30(22-23-20-27(35(37,38)39)31(43)28(21-23)36(40,41)42)45-33(52)49-13-9-26(10-14-49)50-15-6-24-4-2-3-5-29(24)44-34(50)53/h2-5,20-21,25-26,30H,6-19,22,43H2,1H3,(H,44,53)(H,45,52)/t30-/m0/s1. The fourth-order valence-electron chi connectivity index (χ4n) is 7.95. The summed E-state index contributed by atoms with van der Waals surface area (Å²) in [6.07, 6.45) is -8.15. The van der Waals surface area contributed by atoms with Crippen molar-refractivity contribution in [2.75, 3.05) is 77.0 Å². The van der Waals surface area contributed by atoms with Crippen molar-refractivity contribution in [1.29, 1.82) is 0 Å². The Bertz CT molecular complexity index is 1610. The Kier molecular flexibility index (Phi) is 11.3. The van der Waals surface area contributed by atoms with E-state index < -0.39 is 59.1 Å². The molecule has 2 aromatic rings. The van der Waals surface area contributed by atoms with Gasteiger partial charge in [-0.15, -0.1) is 0 Å². The van der Waals surface area contributed by atoms with Crippen molar-refractivity contribution in [2.24, 2.45) is 0 Å². The van der Waals surface area contributed by atoms with Crippen LogP contribution in [-0.4, -0.2) is 127 Å². The van der Waals surface area contributed by atoms with E-state index in [1.165, 1.54) is 9.80 Å². The molecule has 4 aliphatic heterocycles. The number of benzene rings is 2. The van der Waals surface area contributed by atoms with Crippen LogP contribution in [0.2, 0.25) is 0 Å². The van der Waals surface area contributed by atoms with Gasteiger partial charge in [0.05, 0.1) is 16.8 Å². The third kappa shape index (κ3) is 8.94. The highest BCUT2D eigenvalue weighted by Gasteiger charge is 2.42. The van der Waals surface area contributed by atoms with Gasteiger partial charge < -0.3 is 36.0 Å². The number of amides is 5. The Labute approximate surface area is 304 Å². The second-order valence-electron chi connectivity index (χ2n) is 14.5. The molecule has 0 aliphatic carbocycles. The van der Waals surface area contributed by atoms with Gasteiger partial charge in [0, 0.05) is 83.1 Å². The molecule has 290 valence electrons. The number of likely N-dealkylation sites (N-methyl/N-ethyl adjacent to an activating group) is 1. The van der Waals surface area contributed by atoms with Crippen molar-refractivity contribution in [2.45, 2.75) is 69.0 Å². The molecule has 4 N–H and O–H groups in total. The average molecular weight is 753 g/mol. The number of para-hydroxylation sites is 1. The molecule has 0 aromatic heterocycles. The highest BCUT2D eigenvalue weighted by molar-refractivity contribution is 5.91. The van der Waals surface area contributed by atoms with Gasteiger partial charge in [-0.25, -0.2) is 9.59 Å². The van der Waals surface area contributed by atoms with E-state index in [2.05, 4.69) is 27.5 Å². The van der Waals surface area contributed by atoms with E-state index in [-0.39, 0.29) is 31.2 Å². The molecule has 0 bridgehead atoms. The maximum atomic E-state index is 14.1. The summed E-state index contributed by atoms with van der Waals surface area (Å²) in [6, 6.07) is 6.33. The highest BCUT2D eigenvalue weighted by Crippen LogP contribution is 2.42. The van der Waals surface area contributed by atoms with Crippen LogP contribution in [0.1, 0.15) is 47.9 Å². The number of fused-ring (bicyclic) bond motifs is 1. The summed E-state index contributed by atoms with van der Waals surface area (Å²) in [5.41, 5.74) is 1.95. The first-order chi connectivity index (χ1) is 25.1. The minimum Gasteiger partial charge on any atom is -0.398 e. The zero-order chi connectivity index (χ0) is 38.1. The number of hydrogen-bond donors (Lipinski definition) is 3. The molecule has 0 saturated carbocycles. The van der Waals surface area contributed by atoms with Crippen LogP contribution in [0.5, 0.6) is 0 Å². The van der Waals surface area contributed by atoms with Crippen LogP contribution in [0.4, 0.5) is 47.3 Å². The van der Waals surface area contributed by atoms with Crippen molar-refractivity contribution in [3.63, 3.8) is 0 Å². The first-order valence-electron chi connectivity index (χ1n) is 18.1. The predicted molar refractivity (Wildman–Crippen MR) is 186 cm³/mol. The molecular formula is C36H46F6N8O3. The number of likely N-dealkylation sites (tertiary alicyclic amines) is 2. The lowest BCUT2D eigenvalue weighted by Crippen LogP contribution is -2.58. The van der Waals surface area contributed by atoms with Gasteiger partial charge in [0.25, 0.3) is 0 Å². The molecule has 1 atom stereocenters. The van der Waals surface area contributed by atoms with Gasteiger partial charge in [-0.3, -0.25) is 9.69 Å². The molecule has 0 unspecified atom stereocenters. The van der Waals surface area contributed by atoms with Crippen LogP contribution in [0.3, 0.4) is 0 Å². The number of urea groups is 2. The molecule has 4 heterocycles. The topological polar surface area (TPSA) is 117 Å².